The lowest BCUT2D eigenvalue weighted by molar-refractivity contribution is -0.155. The molecule has 2 fully saturated rings. The average Bonchev–Trinajstić information content (AvgIpc) is 3.96. The predicted octanol–water partition coefficient (Wildman–Crippen LogP) is 6.96. The monoisotopic (exact) mass is 1020 g/mol. The molecule has 18 heteroatoms. The van der Waals surface area contributed by atoms with Crippen LogP contribution in [0.15, 0.2) is 60.8 Å². The summed E-state index contributed by atoms with van der Waals surface area (Å²) in [6.45, 7) is 12.4. The Kier molecular flexibility index (Phi) is 16.7. The molecule has 2 N–H and O–H groups in total. The van der Waals surface area contributed by atoms with Gasteiger partial charge in [0, 0.05) is 68.3 Å². The highest BCUT2D eigenvalue weighted by Crippen LogP contribution is 2.43. The van der Waals surface area contributed by atoms with Crippen molar-refractivity contribution in [1.82, 2.24) is 40.0 Å². The molecule has 4 aromatic rings. The number of nitrogens with zero attached hydrogens (tertiary/aromatic N) is 6. The van der Waals surface area contributed by atoms with Crippen LogP contribution in [0.3, 0.4) is 0 Å². The Morgan fingerprint density at radius 2 is 1.73 bits per heavy atom. The molecule has 2 aromatic heterocycles. The first-order valence-electron chi connectivity index (χ1n) is 25.4. The zero-order chi connectivity index (χ0) is 54.0. The van der Waals surface area contributed by atoms with Crippen LogP contribution >= 0.6 is 0 Å². The smallest absolute Gasteiger partial charge is 0.406 e. The van der Waals surface area contributed by atoms with Gasteiger partial charge in [-0.2, -0.15) is 13.2 Å². The van der Waals surface area contributed by atoms with E-state index in [2.05, 4.69) is 27.6 Å². The lowest BCUT2D eigenvalue weighted by Gasteiger charge is -2.37. The fourth-order valence-corrected chi connectivity index (χ4v) is 10.2. The summed E-state index contributed by atoms with van der Waals surface area (Å²) in [6.07, 6.45) is -2.15. The largest absolute Gasteiger partial charge is 0.464 e. The number of hydrogen-bond acceptors (Lipinski definition) is 10. The van der Waals surface area contributed by atoms with E-state index in [1.54, 1.807) is 49.3 Å². The Bertz CT molecular complexity index is 2830. The van der Waals surface area contributed by atoms with Crippen LogP contribution in [0.5, 0.6) is 0 Å². The van der Waals surface area contributed by atoms with E-state index in [0.717, 1.165) is 5.56 Å². The van der Waals surface area contributed by atoms with E-state index in [1.807, 2.05) is 90.9 Å². The van der Waals surface area contributed by atoms with Crippen LogP contribution in [0.4, 0.5) is 13.2 Å². The number of likely N-dealkylation sites (tertiary alicyclic amines) is 1. The molecule has 7 rings (SSSR count). The summed E-state index contributed by atoms with van der Waals surface area (Å²) in [5.74, 6) is 2.45. The van der Waals surface area contributed by atoms with Gasteiger partial charge in [-0.25, -0.2) is 5.43 Å². The van der Waals surface area contributed by atoms with Gasteiger partial charge < -0.3 is 29.2 Å². The average molecular weight is 1030 g/mol. The Hall–Kier alpha value is -6.29. The lowest BCUT2D eigenvalue weighted by Crippen LogP contribution is -2.62. The standard InChI is InChI=1S/C56H71F3N8O7/c1-34(2)48(64(10)51(70)39-22-26-65(31-39)46(68)21-23-55(6,7)63(8)9)50(69)61-44-28-36-15-12-16-37(27-36)38-19-20-45-41(29-38)42(30-54(4,5)33-74-53(72)43-18-14-25-67(62-43)52(44)71)49(66(45)32-56(57,58)59)40-17-13-24-60-47(40)35(3)73-11/h12-13,15-17,19-20,24,27,29,34-35,39,43-44,48,62H,14,18,22,25-26,28,30-33H2,1-11H3,(H,61,69)/t35-,39-,43-,44-,48-/m0/s1. The third-order valence-electron chi connectivity index (χ3n) is 14.7. The Morgan fingerprint density at radius 3 is 2.42 bits per heavy atom. The molecule has 3 aliphatic rings. The maximum Gasteiger partial charge on any atom is 0.406 e. The van der Waals surface area contributed by atoms with Crippen molar-refractivity contribution in [3.63, 3.8) is 0 Å². The molecule has 2 aromatic carbocycles. The first-order chi connectivity index (χ1) is 34.8. The maximum atomic E-state index is 14.8. The van der Waals surface area contributed by atoms with Crippen LogP contribution in [0.2, 0.25) is 0 Å². The number of carbonyl (C=O) groups excluding carboxylic acids is 5. The van der Waals surface area contributed by atoms with Crippen LogP contribution in [-0.2, 0) is 52.8 Å². The number of aromatic nitrogens is 2. The second-order valence-corrected chi connectivity index (χ2v) is 21.9. The number of hydrogen-bond donors (Lipinski definition) is 2. The molecule has 0 radical (unpaired) electrons. The quantitative estimate of drug-likeness (QED) is 0.126. The summed E-state index contributed by atoms with van der Waals surface area (Å²) in [5.41, 5.74) is 6.07. The Morgan fingerprint density at radius 1 is 1.00 bits per heavy atom. The molecule has 3 aliphatic heterocycles. The van der Waals surface area contributed by atoms with Crippen molar-refractivity contribution in [1.29, 1.82) is 0 Å². The molecule has 6 bridgehead atoms. The topological polar surface area (TPSA) is 159 Å². The van der Waals surface area contributed by atoms with Crippen LogP contribution in [0.1, 0.15) is 90.7 Å². The molecule has 4 amide bonds. The fourth-order valence-electron chi connectivity index (χ4n) is 10.2. The van der Waals surface area contributed by atoms with Crippen molar-refractivity contribution < 1.29 is 46.6 Å². The molecule has 0 spiro atoms. The summed E-state index contributed by atoms with van der Waals surface area (Å²) in [7, 11) is 6.84. The number of hydrazine groups is 1. The van der Waals surface area contributed by atoms with Gasteiger partial charge in [-0.3, -0.25) is 38.9 Å². The predicted molar refractivity (Wildman–Crippen MR) is 276 cm³/mol. The first kappa shape index (κ1) is 55.5. The highest BCUT2D eigenvalue weighted by molar-refractivity contribution is 5.97. The number of methoxy groups -OCH3 is 1. The second kappa shape index (κ2) is 22.3. The number of likely N-dealkylation sites (N-methyl/N-ethyl adjacent to an activating group) is 1. The summed E-state index contributed by atoms with van der Waals surface area (Å²) in [5, 5.41) is 4.93. The summed E-state index contributed by atoms with van der Waals surface area (Å²) in [6, 6.07) is 13.1. The minimum Gasteiger partial charge on any atom is -0.464 e. The van der Waals surface area contributed by atoms with Crippen molar-refractivity contribution in [2.75, 3.05) is 54.5 Å². The molecule has 5 atom stereocenters. The van der Waals surface area contributed by atoms with Crippen molar-refractivity contribution in [3.05, 3.63) is 77.6 Å². The van der Waals surface area contributed by atoms with E-state index >= 15 is 0 Å². The van der Waals surface area contributed by atoms with Crippen molar-refractivity contribution in [2.24, 2.45) is 17.3 Å². The number of nitrogens with one attached hydrogen (secondary N) is 2. The van der Waals surface area contributed by atoms with Gasteiger partial charge >= 0.3 is 12.1 Å². The number of halogens is 3. The van der Waals surface area contributed by atoms with Crippen LogP contribution < -0.4 is 10.7 Å². The molecule has 2 saturated heterocycles. The van der Waals surface area contributed by atoms with E-state index in [4.69, 9.17) is 9.47 Å². The Labute approximate surface area is 432 Å². The van der Waals surface area contributed by atoms with Gasteiger partial charge in [-0.1, -0.05) is 63.9 Å². The number of benzene rings is 2. The number of ether oxygens (including phenoxy) is 2. The van der Waals surface area contributed by atoms with Gasteiger partial charge in [0.2, 0.25) is 11.8 Å². The normalized spacial score (nSPS) is 20.4. The van der Waals surface area contributed by atoms with E-state index in [9.17, 15) is 37.1 Å². The van der Waals surface area contributed by atoms with Gasteiger partial charge in [0.25, 0.3) is 11.8 Å². The number of pyridine rings is 1. The van der Waals surface area contributed by atoms with Gasteiger partial charge in [0.05, 0.1) is 35.6 Å². The zero-order valence-corrected chi connectivity index (χ0v) is 44.5. The number of cyclic esters (lactones) is 1. The number of rotatable bonds is 10. The molecule has 0 saturated carbocycles. The number of amides is 4. The van der Waals surface area contributed by atoms with Crippen molar-refractivity contribution in [3.8, 4) is 34.2 Å². The molecule has 398 valence electrons. The van der Waals surface area contributed by atoms with E-state index in [1.165, 1.54) is 21.6 Å². The Balaban J connectivity index is 1.26. The van der Waals surface area contributed by atoms with Gasteiger partial charge in [0.15, 0.2) is 0 Å². The van der Waals surface area contributed by atoms with Crippen molar-refractivity contribution in [2.45, 2.75) is 123 Å². The maximum absolute atomic E-state index is 14.8. The van der Waals surface area contributed by atoms with Gasteiger partial charge in [-0.15, -0.1) is 0 Å². The summed E-state index contributed by atoms with van der Waals surface area (Å²) < 4.78 is 57.2. The van der Waals surface area contributed by atoms with Crippen LogP contribution in [0, 0.1) is 29.1 Å². The zero-order valence-electron chi connectivity index (χ0n) is 44.5. The highest BCUT2D eigenvalue weighted by atomic mass is 19.4. The van der Waals surface area contributed by atoms with Gasteiger partial charge in [0.1, 0.15) is 24.7 Å². The van der Waals surface area contributed by atoms with E-state index in [0.29, 0.717) is 70.4 Å². The molecule has 0 unspecified atom stereocenters. The van der Waals surface area contributed by atoms with Crippen LogP contribution in [-0.4, -0.2) is 143 Å². The minimum absolute atomic E-state index is 0.00873. The second-order valence-electron chi connectivity index (χ2n) is 21.9. The fraction of sp³-hybridized carbons (Fsp3) is 0.536. The molecule has 5 heterocycles. The lowest BCUT2D eigenvalue weighted by atomic mass is 9.84. The molecular formula is C56H71F3N8O7. The SMILES string of the molecule is CO[C@@H](C)c1ncccc1-c1c2c3cc(ccc3n1CC(F)(F)F)-c1cccc(c1)C[C@H](NC(=O)[C@H](C(C)C)N(C)C(=O)[C@H]1CCN(C(=O)C#CC(C)(C)N(C)C)C1)C(=O)N1CCC[C@H](N1)C(=O)OCC(C)(C)C2. The number of alkyl halides is 3. The third kappa shape index (κ3) is 12.4. The summed E-state index contributed by atoms with van der Waals surface area (Å²) in [4.78, 5) is 80.2. The molecule has 0 aliphatic carbocycles. The summed E-state index contributed by atoms with van der Waals surface area (Å²) >= 11 is 0. The molecule has 74 heavy (non-hydrogen) atoms. The number of fused-ring (bicyclic) bond motifs is 6. The van der Waals surface area contributed by atoms with Crippen molar-refractivity contribution >= 4 is 40.5 Å². The number of esters is 1. The highest BCUT2D eigenvalue weighted by Gasteiger charge is 2.41. The first-order valence-corrected chi connectivity index (χ1v) is 25.4. The minimum atomic E-state index is -4.60. The molecular weight excluding hydrogens is 954 g/mol. The number of carbonyl (C=O) groups is 5. The third-order valence-corrected chi connectivity index (χ3v) is 14.7. The van der Waals surface area contributed by atoms with Crippen LogP contribution in [0.25, 0.3) is 33.3 Å². The molecule has 15 nitrogen and oxygen atoms in total. The van der Waals surface area contributed by atoms with E-state index < -0.39 is 77.5 Å². The van der Waals surface area contributed by atoms with E-state index in [-0.39, 0.29) is 44.4 Å². The van der Waals surface area contributed by atoms with Gasteiger partial charge in [-0.05, 0) is 119 Å².